The molecule has 3 aromatic rings. The lowest BCUT2D eigenvalue weighted by molar-refractivity contribution is 0.0294. The fourth-order valence-corrected chi connectivity index (χ4v) is 4.30. The lowest BCUT2D eigenvalue weighted by atomic mass is 9.93. The van der Waals surface area contributed by atoms with Crippen molar-refractivity contribution in [1.82, 2.24) is 10.3 Å². The Kier molecular flexibility index (Phi) is 4.25. The molecular weight excluding hydrogens is 336 g/mol. The summed E-state index contributed by atoms with van der Waals surface area (Å²) in [6.07, 6.45) is -1.44. The van der Waals surface area contributed by atoms with Crippen molar-refractivity contribution in [2.24, 2.45) is 0 Å². The van der Waals surface area contributed by atoms with Gasteiger partial charge in [-0.15, -0.1) is 11.3 Å². The van der Waals surface area contributed by atoms with E-state index in [1.165, 1.54) is 11.3 Å². The van der Waals surface area contributed by atoms with Crippen LogP contribution in [0.4, 0.5) is 0 Å². The van der Waals surface area contributed by atoms with E-state index in [1.54, 1.807) is 0 Å². The molecule has 0 spiro atoms. The van der Waals surface area contributed by atoms with Gasteiger partial charge in [-0.05, 0) is 24.1 Å². The van der Waals surface area contributed by atoms with Crippen LogP contribution < -0.4 is 5.32 Å². The Morgan fingerprint density at radius 3 is 2.56 bits per heavy atom. The number of hydrogen-bond donors (Lipinski definition) is 3. The summed E-state index contributed by atoms with van der Waals surface area (Å²) in [7, 11) is 0. The molecule has 4 rings (SSSR count). The summed E-state index contributed by atoms with van der Waals surface area (Å²) >= 11 is 1.32. The predicted molar refractivity (Wildman–Crippen MR) is 96.7 cm³/mol. The molecule has 2 aromatic carbocycles. The topological polar surface area (TPSA) is 82.5 Å². The minimum absolute atomic E-state index is 0.135. The summed E-state index contributed by atoms with van der Waals surface area (Å²) < 4.78 is 0.944. The summed E-state index contributed by atoms with van der Waals surface area (Å²) in [5.74, 6) is -0.454. The summed E-state index contributed by atoms with van der Waals surface area (Å²) in [5, 5.41) is 23.7. The average Bonchev–Trinajstić information content (AvgIpc) is 3.19. The molecule has 1 fully saturated rings. The summed E-state index contributed by atoms with van der Waals surface area (Å²) in [5.41, 5.74) is 1.77. The lowest BCUT2D eigenvalue weighted by Crippen LogP contribution is -2.45. The number of nitrogens with zero attached hydrogens (tertiary/aromatic N) is 1. The summed E-state index contributed by atoms with van der Waals surface area (Å²) in [6.45, 7) is 0. The Labute approximate surface area is 149 Å². The molecule has 1 amide bonds. The second kappa shape index (κ2) is 6.55. The first-order valence-electron chi connectivity index (χ1n) is 8.21. The van der Waals surface area contributed by atoms with Crippen molar-refractivity contribution in [3.8, 4) is 0 Å². The minimum atomic E-state index is -0.997. The van der Waals surface area contributed by atoms with Gasteiger partial charge < -0.3 is 15.5 Å². The van der Waals surface area contributed by atoms with Gasteiger partial charge in [0.15, 0.2) is 5.01 Å². The Balaban J connectivity index is 1.59. The molecule has 128 valence electrons. The van der Waals surface area contributed by atoms with Crippen LogP contribution in [0.2, 0.25) is 0 Å². The van der Waals surface area contributed by atoms with Crippen molar-refractivity contribution in [3.05, 3.63) is 65.2 Å². The molecule has 1 aliphatic carbocycles. The van der Waals surface area contributed by atoms with Crippen LogP contribution in [-0.4, -0.2) is 39.4 Å². The van der Waals surface area contributed by atoms with Gasteiger partial charge in [0.05, 0.1) is 22.4 Å². The number of aliphatic hydroxyl groups is 2. The number of hydrogen-bond acceptors (Lipinski definition) is 5. The first kappa shape index (κ1) is 16.2. The van der Waals surface area contributed by atoms with Crippen molar-refractivity contribution < 1.29 is 15.0 Å². The van der Waals surface area contributed by atoms with Crippen molar-refractivity contribution >= 4 is 27.5 Å². The van der Waals surface area contributed by atoms with Crippen molar-refractivity contribution in [3.63, 3.8) is 0 Å². The molecule has 1 saturated carbocycles. The molecule has 6 heteroatoms. The van der Waals surface area contributed by atoms with E-state index in [0.717, 1.165) is 15.8 Å². The third-order valence-electron chi connectivity index (χ3n) is 4.70. The number of carbonyl (C=O) groups excluding carboxylic acids is 1. The molecule has 0 radical (unpaired) electrons. The van der Waals surface area contributed by atoms with Gasteiger partial charge in [-0.25, -0.2) is 4.98 Å². The zero-order valence-electron chi connectivity index (χ0n) is 13.4. The Bertz CT molecular complexity index is 863. The molecule has 0 aliphatic heterocycles. The third-order valence-corrected chi connectivity index (χ3v) is 5.74. The predicted octanol–water partition coefficient (Wildman–Crippen LogP) is 2.30. The summed E-state index contributed by atoms with van der Waals surface area (Å²) in [6, 6.07) is 16.7. The average molecular weight is 354 g/mol. The third kappa shape index (κ3) is 3.04. The Morgan fingerprint density at radius 2 is 1.80 bits per heavy atom. The first-order chi connectivity index (χ1) is 12.1. The maximum atomic E-state index is 12.6. The van der Waals surface area contributed by atoms with E-state index in [-0.39, 0.29) is 11.8 Å². The minimum Gasteiger partial charge on any atom is -0.390 e. The number of aromatic nitrogens is 1. The highest BCUT2D eigenvalue weighted by Crippen LogP contribution is 2.35. The second-order valence-electron chi connectivity index (χ2n) is 6.30. The number of aliphatic hydroxyl groups excluding tert-OH is 2. The Morgan fingerprint density at radius 1 is 1.08 bits per heavy atom. The highest BCUT2D eigenvalue weighted by molar-refractivity contribution is 7.20. The number of nitrogens with one attached hydrogen (secondary N) is 1. The fourth-order valence-electron chi connectivity index (χ4n) is 3.44. The normalized spacial score (nSPS) is 26.0. The monoisotopic (exact) mass is 354 g/mol. The van der Waals surface area contributed by atoms with Crippen LogP contribution in [0.1, 0.15) is 27.7 Å². The van der Waals surface area contributed by atoms with Crippen LogP contribution >= 0.6 is 11.3 Å². The quantitative estimate of drug-likeness (QED) is 0.674. The Hall–Kier alpha value is -2.28. The standard InChI is InChI=1S/C19H18N2O3S/c22-14-10-12(11-6-2-1-3-7-11)16(17(14)23)21-18(24)19-20-13-8-4-5-9-15(13)25-19/h1-9,12,14,16-17,22-23H,10H2,(H,21,24). The highest BCUT2D eigenvalue weighted by atomic mass is 32.1. The van der Waals surface area contributed by atoms with E-state index in [0.29, 0.717) is 11.4 Å². The van der Waals surface area contributed by atoms with Gasteiger partial charge in [-0.1, -0.05) is 42.5 Å². The van der Waals surface area contributed by atoms with E-state index in [1.807, 2.05) is 54.6 Å². The lowest BCUT2D eigenvalue weighted by Gasteiger charge is -2.23. The second-order valence-corrected chi connectivity index (χ2v) is 7.33. The van der Waals surface area contributed by atoms with Gasteiger partial charge in [-0.3, -0.25) is 4.79 Å². The van der Waals surface area contributed by atoms with E-state index in [9.17, 15) is 15.0 Å². The SMILES string of the molecule is O=C(NC1C(c2ccccc2)CC(O)C1O)c1nc2ccccc2s1. The molecule has 4 unspecified atom stereocenters. The molecule has 4 atom stereocenters. The maximum Gasteiger partial charge on any atom is 0.280 e. The van der Waals surface area contributed by atoms with Crippen LogP contribution in [0, 0.1) is 0 Å². The maximum absolute atomic E-state index is 12.6. The van der Waals surface area contributed by atoms with Crippen LogP contribution in [0.5, 0.6) is 0 Å². The zero-order valence-corrected chi connectivity index (χ0v) is 14.2. The molecule has 3 N–H and O–H groups in total. The number of thiazole rings is 1. The highest BCUT2D eigenvalue weighted by Gasteiger charge is 2.43. The van der Waals surface area contributed by atoms with Gasteiger partial charge in [0, 0.05) is 5.92 Å². The van der Waals surface area contributed by atoms with E-state index >= 15 is 0 Å². The molecule has 0 bridgehead atoms. The van der Waals surface area contributed by atoms with Gasteiger partial charge >= 0.3 is 0 Å². The molecule has 1 aliphatic rings. The number of para-hydroxylation sites is 1. The van der Waals surface area contributed by atoms with E-state index in [4.69, 9.17) is 0 Å². The summed E-state index contributed by atoms with van der Waals surface area (Å²) in [4.78, 5) is 17.0. The molecular formula is C19H18N2O3S. The molecule has 25 heavy (non-hydrogen) atoms. The zero-order chi connectivity index (χ0) is 17.4. The first-order valence-corrected chi connectivity index (χ1v) is 9.02. The van der Waals surface area contributed by atoms with Crippen molar-refractivity contribution in [2.75, 3.05) is 0 Å². The van der Waals surface area contributed by atoms with Gasteiger partial charge in [0.25, 0.3) is 5.91 Å². The van der Waals surface area contributed by atoms with E-state index in [2.05, 4.69) is 10.3 Å². The van der Waals surface area contributed by atoms with E-state index < -0.39 is 18.2 Å². The number of rotatable bonds is 3. The van der Waals surface area contributed by atoms with Crippen LogP contribution in [0.15, 0.2) is 54.6 Å². The van der Waals surface area contributed by atoms with Crippen LogP contribution in [0.25, 0.3) is 10.2 Å². The number of fused-ring (bicyclic) bond motifs is 1. The van der Waals surface area contributed by atoms with Crippen LogP contribution in [-0.2, 0) is 0 Å². The smallest absolute Gasteiger partial charge is 0.280 e. The number of amides is 1. The number of carbonyl (C=O) groups is 1. The van der Waals surface area contributed by atoms with Crippen molar-refractivity contribution in [1.29, 1.82) is 0 Å². The molecule has 0 saturated heterocycles. The largest absolute Gasteiger partial charge is 0.390 e. The number of benzene rings is 2. The van der Waals surface area contributed by atoms with Crippen LogP contribution in [0.3, 0.4) is 0 Å². The molecule has 1 heterocycles. The van der Waals surface area contributed by atoms with Gasteiger partial charge in [0.2, 0.25) is 0 Å². The van der Waals surface area contributed by atoms with Crippen molar-refractivity contribution in [2.45, 2.75) is 30.6 Å². The fraction of sp³-hybridized carbons (Fsp3) is 0.263. The molecule has 5 nitrogen and oxygen atoms in total. The van der Waals surface area contributed by atoms with Gasteiger partial charge in [0.1, 0.15) is 6.10 Å². The van der Waals surface area contributed by atoms with Gasteiger partial charge in [-0.2, -0.15) is 0 Å². The molecule has 1 aromatic heterocycles.